The molecule has 0 bridgehead atoms. The number of rotatable bonds is 4. The first-order chi connectivity index (χ1) is 8.15. The fraction of sp³-hybridized carbons (Fsp3) is 0.571. The van der Waals surface area contributed by atoms with Crippen LogP contribution in [0.2, 0.25) is 0 Å². The Morgan fingerprint density at radius 1 is 1.12 bits per heavy atom. The zero-order valence-electron chi connectivity index (χ0n) is 9.76. The van der Waals surface area contributed by atoms with Crippen molar-refractivity contribution in [3.8, 4) is 0 Å². The lowest BCUT2D eigenvalue weighted by Gasteiger charge is -2.16. The molecule has 1 aromatic carbocycles. The standard InChI is InChI=1S/C14H17BrF2/c15-14(11-3-1-2-4-11)6-5-10-7-12(16)9-13(17)8-10/h7-9,11,14H,1-6H2. The Labute approximate surface area is 110 Å². The first-order valence-electron chi connectivity index (χ1n) is 6.24. The van der Waals surface area contributed by atoms with Gasteiger partial charge in [-0.15, -0.1) is 0 Å². The Morgan fingerprint density at radius 2 is 1.71 bits per heavy atom. The lowest BCUT2D eigenvalue weighted by molar-refractivity contribution is 0.504. The zero-order valence-corrected chi connectivity index (χ0v) is 11.3. The highest BCUT2D eigenvalue weighted by molar-refractivity contribution is 9.09. The van der Waals surface area contributed by atoms with Gasteiger partial charge in [-0.05, 0) is 49.3 Å². The highest BCUT2D eigenvalue weighted by atomic mass is 79.9. The molecule has 0 saturated heterocycles. The third-order valence-electron chi connectivity index (χ3n) is 3.54. The molecule has 0 aliphatic heterocycles. The average molecular weight is 303 g/mol. The van der Waals surface area contributed by atoms with E-state index < -0.39 is 11.6 Å². The summed E-state index contributed by atoms with van der Waals surface area (Å²) in [4.78, 5) is 0.483. The third-order valence-corrected chi connectivity index (χ3v) is 4.75. The molecule has 0 spiro atoms. The van der Waals surface area contributed by atoms with Gasteiger partial charge in [0, 0.05) is 10.9 Å². The second-order valence-electron chi connectivity index (χ2n) is 4.88. The predicted molar refractivity (Wildman–Crippen MR) is 69.4 cm³/mol. The monoisotopic (exact) mass is 302 g/mol. The summed E-state index contributed by atoms with van der Waals surface area (Å²) in [6, 6.07) is 3.78. The molecule has 94 valence electrons. The van der Waals surface area contributed by atoms with Gasteiger partial charge in [0.25, 0.3) is 0 Å². The van der Waals surface area contributed by atoms with Crippen molar-refractivity contribution in [2.45, 2.75) is 43.4 Å². The van der Waals surface area contributed by atoms with Crippen LogP contribution in [0.5, 0.6) is 0 Å². The lowest BCUT2D eigenvalue weighted by atomic mass is 9.98. The number of hydrogen-bond acceptors (Lipinski definition) is 0. The Kier molecular flexibility index (Phi) is 4.55. The molecule has 1 fully saturated rings. The van der Waals surface area contributed by atoms with Gasteiger partial charge in [0.15, 0.2) is 0 Å². The Hall–Kier alpha value is -0.440. The van der Waals surface area contributed by atoms with Crippen LogP contribution in [0.4, 0.5) is 8.78 Å². The third kappa shape index (κ3) is 3.77. The summed E-state index contributed by atoms with van der Waals surface area (Å²) in [7, 11) is 0. The summed E-state index contributed by atoms with van der Waals surface area (Å²) in [5, 5.41) is 0. The van der Waals surface area contributed by atoms with Crippen molar-refractivity contribution in [3.63, 3.8) is 0 Å². The van der Waals surface area contributed by atoms with Crippen molar-refractivity contribution in [1.82, 2.24) is 0 Å². The lowest BCUT2D eigenvalue weighted by Crippen LogP contribution is -2.11. The molecule has 0 radical (unpaired) electrons. The molecule has 1 unspecified atom stereocenters. The summed E-state index contributed by atoms with van der Waals surface area (Å²) >= 11 is 3.71. The summed E-state index contributed by atoms with van der Waals surface area (Å²) in [5.74, 6) is -0.215. The van der Waals surface area contributed by atoms with Crippen LogP contribution in [0.15, 0.2) is 18.2 Å². The molecule has 0 amide bonds. The molecule has 0 nitrogen and oxygen atoms in total. The van der Waals surface area contributed by atoms with E-state index in [-0.39, 0.29) is 0 Å². The van der Waals surface area contributed by atoms with E-state index in [4.69, 9.17) is 0 Å². The van der Waals surface area contributed by atoms with E-state index in [0.717, 1.165) is 30.4 Å². The Bertz CT molecular complexity index is 352. The summed E-state index contributed by atoms with van der Waals surface area (Å²) in [5.41, 5.74) is 0.755. The van der Waals surface area contributed by atoms with Crippen molar-refractivity contribution in [2.75, 3.05) is 0 Å². The molecule has 3 heteroatoms. The van der Waals surface area contributed by atoms with Crippen LogP contribution in [0, 0.1) is 17.6 Å². The van der Waals surface area contributed by atoms with Crippen molar-refractivity contribution in [3.05, 3.63) is 35.4 Å². The van der Waals surface area contributed by atoms with Gasteiger partial charge in [0.1, 0.15) is 11.6 Å². The summed E-state index contributed by atoms with van der Waals surface area (Å²) < 4.78 is 26.0. The van der Waals surface area contributed by atoms with Crippen LogP contribution in [0.3, 0.4) is 0 Å². The minimum absolute atomic E-state index is 0.480. The second kappa shape index (κ2) is 5.94. The molecule has 1 atom stereocenters. The highest BCUT2D eigenvalue weighted by Gasteiger charge is 2.22. The van der Waals surface area contributed by atoms with Gasteiger partial charge < -0.3 is 0 Å². The van der Waals surface area contributed by atoms with Crippen LogP contribution in [-0.4, -0.2) is 4.83 Å². The van der Waals surface area contributed by atoms with E-state index in [1.54, 1.807) is 0 Å². The molecule has 1 aromatic rings. The smallest absolute Gasteiger partial charge is 0.126 e. The van der Waals surface area contributed by atoms with E-state index in [1.807, 2.05) is 0 Å². The fourth-order valence-electron chi connectivity index (χ4n) is 2.61. The van der Waals surface area contributed by atoms with Gasteiger partial charge in [0.05, 0.1) is 0 Å². The highest BCUT2D eigenvalue weighted by Crippen LogP contribution is 2.33. The van der Waals surface area contributed by atoms with Gasteiger partial charge in [-0.1, -0.05) is 28.8 Å². The van der Waals surface area contributed by atoms with Crippen molar-refractivity contribution < 1.29 is 8.78 Å². The van der Waals surface area contributed by atoms with E-state index in [0.29, 0.717) is 4.83 Å². The van der Waals surface area contributed by atoms with Gasteiger partial charge >= 0.3 is 0 Å². The number of alkyl halides is 1. The maximum Gasteiger partial charge on any atom is 0.126 e. The van der Waals surface area contributed by atoms with Gasteiger partial charge in [-0.2, -0.15) is 0 Å². The van der Waals surface area contributed by atoms with Crippen LogP contribution in [-0.2, 0) is 6.42 Å². The molecule has 0 N–H and O–H groups in total. The molecule has 0 aromatic heterocycles. The van der Waals surface area contributed by atoms with Gasteiger partial charge in [-0.25, -0.2) is 8.78 Å². The molecule has 1 aliphatic rings. The molecular formula is C14H17BrF2. The van der Waals surface area contributed by atoms with Crippen LogP contribution < -0.4 is 0 Å². The number of benzene rings is 1. The minimum atomic E-state index is -0.480. The summed E-state index contributed by atoms with van der Waals surface area (Å²) in [6.45, 7) is 0. The largest absolute Gasteiger partial charge is 0.207 e. The van der Waals surface area contributed by atoms with Gasteiger partial charge in [-0.3, -0.25) is 0 Å². The molecule has 2 rings (SSSR count). The SMILES string of the molecule is Fc1cc(F)cc(CCC(Br)C2CCCC2)c1. The quantitative estimate of drug-likeness (QED) is 0.697. The van der Waals surface area contributed by atoms with Crippen LogP contribution in [0.1, 0.15) is 37.7 Å². The van der Waals surface area contributed by atoms with E-state index in [2.05, 4.69) is 15.9 Å². The number of halogens is 3. The second-order valence-corrected chi connectivity index (χ2v) is 6.05. The topological polar surface area (TPSA) is 0 Å². The first kappa shape index (κ1) is 13.0. The predicted octanol–water partition coefficient (Wildman–Crippen LogP) is 4.85. The zero-order chi connectivity index (χ0) is 12.3. The summed E-state index contributed by atoms with van der Waals surface area (Å²) in [6.07, 6.45) is 6.90. The fourth-order valence-corrected chi connectivity index (χ4v) is 3.37. The minimum Gasteiger partial charge on any atom is -0.207 e. The average Bonchev–Trinajstić information content (AvgIpc) is 2.78. The normalized spacial score (nSPS) is 18.5. The van der Waals surface area contributed by atoms with Crippen molar-refractivity contribution in [2.24, 2.45) is 5.92 Å². The van der Waals surface area contributed by atoms with E-state index >= 15 is 0 Å². The van der Waals surface area contributed by atoms with E-state index in [1.165, 1.54) is 37.8 Å². The molecule has 1 aliphatic carbocycles. The van der Waals surface area contributed by atoms with Crippen molar-refractivity contribution in [1.29, 1.82) is 0 Å². The van der Waals surface area contributed by atoms with Crippen LogP contribution in [0.25, 0.3) is 0 Å². The van der Waals surface area contributed by atoms with E-state index in [9.17, 15) is 8.78 Å². The van der Waals surface area contributed by atoms with Crippen molar-refractivity contribution >= 4 is 15.9 Å². The molecule has 1 saturated carbocycles. The van der Waals surface area contributed by atoms with Crippen LogP contribution >= 0.6 is 15.9 Å². The Balaban J connectivity index is 1.88. The number of hydrogen-bond donors (Lipinski definition) is 0. The molecule has 0 heterocycles. The maximum atomic E-state index is 13.0. The first-order valence-corrected chi connectivity index (χ1v) is 7.16. The Morgan fingerprint density at radius 3 is 2.29 bits per heavy atom. The molecule has 17 heavy (non-hydrogen) atoms. The van der Waals surface area contributed by atoms with Gasteiger partial charge in [0.2, 0.25) is 0 Å². The molecular weight excluding hydrogens is 286 g/mol. The number of aryl methyl sites for hydroxylation is 1. The maximum absolute atomic E-state index is 13.0.